The van der Waals surface area contributed by atoms with Crippen LogP contribution < -0.4 is 21.3 Å². The molecule has 2 atom stereocenters. The first-order chi connectivity index (χ1) is 22.4. The Hall–Kier alpha value is -2.78. The number of ether oxygens (including phenoxy) is 1. The summed E-state index contributed by atoms with van der Waals surface area (Å²) in [5.41, 5.74) is -1.53. The van der Waals surface area contributed by atoms with E-state index >= 15 is 0 Å². The number of nitrogens with zero attached hydrogens (tertiary/aromatic N) is 2. The SMILES string of the molecule is CC1([C@H](NC(=O)NC2(CS(=O)(=O)N3CCOCC3)CCCCC2)C(=O)N2CCC[C@H]2C(=O)NCC(=O)C(=O)NC2CC2)CCCCC1. The van der Waals surface area contributed by atoms with Gasteiger partial charge in [-0.05, 0) is 56.8 Å². The zero-order valence-corrected chi connectivity index (χ0v) is 28.5. The van der Waals surface area contributed by atoms with Gasteiger partial charge in [-0.3, -0.25) is 19.2 Å². The highest BCUT2D eigenvalue weighted by Crippen LogP contribution is 2.40. The van der Waals surface area contributed by atoms with E-state index in [1.165, 1.54) is 9.21 Å². The predicted octanol–water partition coefficient (Wildman–Crippen LogP) is 0.944. The number of amides is 5. The summed E-state index contributed by atoms with van der Waals surface area (Å²) in [5.74, 6) is -2.54. The molecule has 0 unspecified atom stereocenters. The summed E-state index contributed by atoms with van der Waals surface area (Å²) < 4.78 is 33.7. The van der Waals surface area contributed by atoms with Crippen molar-refractivity contribution in [3.63, 3.8) is 0 Å². The molecule has 5 rings (SSSR count). The first-order valence-electron chi connectivity index (χ1n) is 17.5. The third-order valence-electron chi connectivity index (χ3n) is 10.7. The van der Waals surface area contributed by atoms with Gasteiger partial charge in [0.25, 0.3) is 5.91 Å². The molecule has 0 spiro atoms. The van der Waals surface area contributed by atoms with Crippen LogP contribution in [0, 0.1) is 5.41 Å². The minimum atomic E-state index is -3.67. The quantitative estimate of drug-likeness (QED) is 0.220. The molecule has 0 aromatic carbocycles. The van der Waals surface area contributed by atoms with Gasteiger partial charge in [-0.15, -0.1) is 0 Å². The van der Waals surface area contributed by atoms with Gasteiger partial charge in [0.05, 0.1) is 31.1 Å². The van der Waals surface area contributed by atoms with Gasteiger partial charge in [0.15, 0.2) is 0 Å². The van der Waals surface area contributed by atoms with Crippen molar-refractivity contribution in [3.05, 3.63) is 0 Å². The number of urea groups is 1. The van der Waals surface area contributed by atoms with E-state index < -0.39 is 63.2 Å². The number of sulfonamides is 1. The van der Waals surface area contributed by atoms with Crippen molar-refractivity contribution in [2.45, 2.75) is 120 Å². The Bertz CT molecular complexity index is 1290. The largest absolute Gasteiger partial charge is 0.379 e. The third-order valence-corrected chi connectivity index (χ3v) is 12.7. The second-order valence-electron chi connectivity index (χ2n) is 14.4. The van der Waals surface area contributed by atoms with Gasteiger partial charge < -0.3 is 30.9 Å². The molecule has 5 fully saturated rings. The normalized spacial score (nSPS) is 25.3. The highest BCUT2D eigenvalue weighted by atomic mass is 32.2. The zero-order chi connectivity index (χ0) is 33.7. The topological polar surface area (TPSA) is 183 Å². The van der Waals surface area contributed by atoms with Crippen LogP contribution in [0.25, 0.3) is 0 Å². The van der Waals surface area contributed by atoms with E-state index in [9.17, 15) is 32.4 Å². The lowest BCUT2D eigenvalue weighted by Gasteiger charge is -2.44. The molecule has 0 aromatic heterocycles. The second-order valence-corrected chi connectivity index (χ2v) is 16.4. The summed E-state index contributed by atoms with van der Waals surface area (Å²) in [6.45, 7) is 3.11. The standard InChI is InChI=1S/C32H52N6O8S/c1-31(12-4-2-5-13-31)26(29(42)38-16-8-9-24(38)27(40)33-21-25(39)28(41)34-23-10-11-23)35-30(43)36-32(14-6-3-7-15-32)22-47(44,45)37-17-19-46-20-18-37/h23-24,26H,2-22H2,1H3,(H,33,40)(H,34,41)(H2,35,36,43)/t24-,26+/m0/s1. The number of morpholine rings is 1. The van der Waals surface area contributed by atoms with E-state index in [4.69, 9.17) is 4.74 Å². The molecular weight excluding hydrogens is 628 g/mol. The molecule has 4 N–H and O–H groups in total. The molecule has 0 radical (unpaired) electrons. The minimum Gasteiger partial charge on any atom is -0.379 e. The van der Waals surface area contributed by atoms with E-state index in [0.717, 1.165) is 64.2 Å². The highest BCUT2D eigenvalue weighted by molar-refractivity contribution is 7.89. The summed E-state index contributed by atoms with van der Waals surface area (Å²) in [6.07, 6.45) is 10.5. The smallest absolute Gasteiger partial charge is 0.315 e. The first-order valence-corrected chi connectivity index (χ1v) is 19.1. The maximum atomic E-state index is 14.3. The second kappa shape index (κ2) is 15.2. The van der Waals surface area contributed by atoms with Crippen molar-refractivity contribution >= 4 is 39.6 Å². The summed E-state index contributed by atoms with van der Waals surface area (Å²) in [5, 5.41) is 11.2. The van der Waals surface area contributed by atoms with Gasteiger partial charge in [0.1, 0.15) is 12.1 Å². The molecule has 3 saturated carbocycles. The monoisotopic (exact) mass is 680 g/mol. The average Bonchev–Trinajstić information content (AvgIpc) is 3.73. The molecule has 3 aliphatic carbocycles. The maximum absolute atomic E-state index is 14.3. The molecule has 14 nitrogen and oxygen atoms in total. The van der Waals surface area contributed by atoms with Crippen LogP contribution in [-0.4, -0.2) is 116 Å². The van der Waals surface area contributed by atoms with Crippen LogP contribution in [0.1, 0.15) is 96.8 Å². The predicted molar refractivity (Wildman–Crippen MR) is 173 cm³/mol. The lowest BCUT2D eigenvalue weighted by atomic mass is 9.70. The highest BCUT2D eigenvalue weighted by Gasteiger charge is 2.47. The van der Waals surface area contributed by atoms with Crippen LogP contribution in [0.3, 0.4) is 0 Å². The number of hydrogen-bond acceptors (Lipinski definition) is 8. The number of hydrogen-bond donors (Lipinski definition) is 4. The molecule has 264 valence electrons. The van der Waals surface area contributed by atoms with Crippen molar-refractivity contribution in [1.29, 1.82) is 0 Å². The van der Waals surface area contributed by atoms with Crippen LogP contribution in [0.15, 0.2) is 0 Å². The van der Waals surface area contributed by atoms with Crippen LogP contribution >= 0.6 is 0 Å². The molecule has 0 bridgehead atoms. The van der Waals surface area contributed by atoms with Crippen molar-refractivity contribution in [3.8, 4) is 0 Å². The van der Waals surface area contributed by atoms with Crippen molar-refractivity contribution in [2.24, 2.45) is 5.41 Å². The molecule has 15 heteroatoms. The van der Waals surface area contributed by atoms with E-state index in [2.05, 4.69) is 21.3 Å². The van der Waals surface area contributed by atoms with E-state index in [1.807, 2.05) is 6.92 Å². The Morgan fingerprint density at radius 3 is 2.13 bits per heavy atom. The number of ketones is 1. The fraction of sp³-hybridized carbons (Fsp3) is 0.844. The molecule has 0 aromatic rings. The Labute approximate surface area is 277 Å². The first kappa shape index (κ1) is 35.5. The Kier molecular flexibility index (Phi) is 11.5. The van der Waals surface area contributed by atoms with Crippen LogP contribution in [-0.2, 0) is 33.9 Å². The Morgan fingerprint density at radius 2 is 1.49 bits per heavy atom. The van der Waals surface area contributed by atoms with Crippen molar-refractivity contribution in [1.82, 2.24) is 30.5 Å². The molecule has 2 saturated heterocycles. The molecule has 2 heterocycles. The number of carbonyl (C=O) groups is 5. The van der Waals surface area contributed by atoms with E-state index in [0.29, 0.717) is 45.4 Å². The molecular formula is C32H52N6O8S. The number of nitrogens with one attached hydrogen (secondary N) is 4. The van der Waals surface area contributed by atoms with Crippen LogP contribution in [0.2, 0.25) is 0 Å². The van der Waals surface area contributed by atoms with E-state index in [-0.39, 0.29) is 30.8 Å². The van der Waals surface area contributed by atoms with E-state index in [1.54, 1.807) is 0 Å². The fourth-order valence-electron chi connectivity index (χ4n) is 7.72. The summed E-state index contributed by atoms with van der Waals surface area (Å²) in [6, 6.07) is -2.32. The summed E-state index contributed by atoms with van der Waals surface area (Å²) in [4.78, 5) is 67.3. The summed E-state index contributed by atoms with van der Waals surface area (Å²) in [7, 11) is -3.67. The number of Topliss-reactive ketones (excluding diaryl/α,β-unsaturated/α-hetero) is 1. The molecule has 47 heavy (non-hydrogen) atoms. The Balaban J connectivity index is 1.28. The Morgan fingerprint density at radius 1 is 0.851 bits per heavy atom. The van der Waals surface area contributed by atoms with Gasteiger partial charge in [0, 0.05) is 25.7 Å². The van der Waals surface area contributed by atoms with Gasteiger partial charge in [-0.1, -0.05) is 45.4 Å². The molecule has 2 aliphatic heterocycles. The minimum absolute atomic E-state index is 0.0232. The van der Waals surface area contributed by atoms with Gasteiger partial charge in [-0.2, -0.15) is 4.31 Å². The molecule has 5 aliphatic rings. The lowest BCUT2D eigenvalue weighted by molar-refractivity contribution is -0.143. The van der Waals surface area contributed by atoms with Gasteiger partial charge in [-0.25, -0.2) is 13.2 Å². The maximum Gasteiger partial charge on any atom is 0.315 e. The third kappa shape index (κ3) is 9.02. The fourth-order valence-corrected chi connectivity index (χ4v) is 9.66. The molecule has 5 amide bonds. The summed E-state index contributed by atoms with van der Waals surface area (Å²) >= 11 is 0. The van der Waals surface area contributed by atoms with Crippen LogP contribution in [0.5, 0.6) is 0 Å². The number of likely N-dealkylation sites (tertiary alicyclic amines) is 1. The van der Waals surface area contributed by atoms with Crippen molar-refractivity contribution in [2.75, 3.05) is 45.1 Å². The lowest BCUT2D eigenvalue weighted by Crippen LogP contribution is -2.64. The van der Waals surface area contributed by atoms with Gasteiger partial charge in [0.2, 0.25) is 27.6 Å². The van der Waals surface area contributed by atoms with Gasteiger partial charge >= 0.3 is 6.03 Å². The van der Waals surface area contributed by atoms with Crippen LogP contribution in [0.4, 0.5) is 4.79 Å². The zero-order valence-electron chi connectivity index (χ0n) is 27.6. The van der Waals surface area contributed by atoms with Crippen molar-refractivity contribution < 1.29 is 37.1 Å². The number of rotatable bonds is 12. The number of carbonyl (C=O) groups excluding carboxylic acids is 5. The average molecular weight is 681 g/mol.